The van der Waals surface area contributed by atoms with Gasteiger partial charge in [0.25, 0.3) is 11.5 Å². The zero-order valence-electron chi connectivity index (χ0n) is 22.5. The summed E-state index contributed by atoms with van der Waals surface area (Å²) in [5, 5.41) is 4.26. The molecule has 188 valence electrons. The Bertz CT molecular complexity index is 1150. The molecule has 0 saturated carbocycles. The molecule has 0 atom stereocenters. The summed E-state index contributed by atoms with van der Waals surface area (Å²) in [4.78, 5) is 20.8. The van der Waals surface area contributed by atoms with Crippen molar-refractivity contribution in [1.82, 2.24) is 19.7 Å². The Kier molecular flexibility index (Phi) is 9.36. The zero-order valence-corrected chi connectivity index (χ0v) is 22.5. The summed E-state index contributed by atoms with van der Waals surface area (Å²) in [5.41, 5.74) is 8.28. The van der Waals surface area contributed by atoms with Crippen LogP contribution in [0.25, 0.3) is 5.95 Å². The molecule has 0 N–H and O–H groups in total. The number of hydrogen-bond acceptors (Lipinski definition) is 4. The largest absolute Gasteiger partial charge is 0.274 e. The predicted molar refractivity (Wildman–Crippen MR) is 145 cm³/mol. The van der Waals surface area contributed by atoms with Crippen molar-refractivity contribution in [1.29, 1.82) is 0 Å². The molecule has 0 unspecified atom stereocenters. The minimum atomic E-state index is -0.199. The molecule has 0 fully saturated rings. The second-order valence-corrected chi connectivity index (χ2v) is 10.8. The van der Waals surface area contributed by atoms with Crippen LogP contribution in [0.3, 0.4) is 0 Å². The van der Waals surface area contributed by atoms with Crippen LogP contribution in [0.5, 0.6) is 0 Å². The molecule has 0 amide bonds. The van der Waals surface area contributed by atoms with Crippen LogP contribution in [0.2, 0.25) is 0 Å². The highest BCUT2D eigenvalue weighted by molar-refractivity contribution is 5.23. The van der Waals surface area contributed by atoms with Crippen LogP contribution in [-0.4, -0.2) is 19.7 Å². The van der Waals surface area contributed by atoms with E-state index in [0.717, 1.165) is 36.8 Å². The van der Waals surface area contributed by atoms with Crippen LogP contribution in [0, 0.1) is 12.3 Å². The summed E-state index contributed by atoms with van der Waals surface area (Å²) in [6, 6.07) is 1.64. The van der Waals surface area contributed by atoms with Crippen LogP contribution in [0.15, 0.2) is 63.9 Å². The maximum absolute atomic E-state index is 12.4. The molecule has 2 aromatic heterocycles. The molecule has 0 saturated heterocycles. The lowest BCUT2D eigenvalue weighted by Crippen LogP contribution is -2.22. The molecule has 2 aromatic rings. The van der Waals surface area contributed by atoms with E-state index < -0.39 is 0 Å². The maximum Gasteiger partial charge on any atom is 0.274 e. The molecular weight excluding hydrogens is 432 g/mol. The molecule has 0 aliphatic heterocycles. The van der Waals surface area contributed by atoms with E-state index in [1.807, 2.05) is 6.92 Å². The molecule has 1 aliphatic carbocycles. The normalized spacial score (nSPS) is 16.6. The van der Waals surface area contributed by atoms with Crippen LogP contribution in [-0.2, 0) is 6.42 Å². The molecule has 5 nitrogen and oxygen atoms in total. The number of hydrogen-bond donors (Lipinski definition) is 0. The molecule has 0 radical (unpaired) electrons. The quantitative estimate of drug-likeness (QED) is 0.340. The smallest absolute Gasteiger partial charge is 0.267 e. The average molecular weight is 475 g/mol. The molecule has 1 aliphatic rings. The number of aryl methyl sites for hydroxylation is 2. The lowest BCUT2D eigenvalue weighted by molar-refractivity contribution is 0.354. The van der Waals surface area contributed by atoms with E-state index in [9.17, 15) is 4.79 Å². The number of aromatic nitrogens is 4. The Hall–Kier alpha value is -2.82. The Balaban J connectivity index is 1.44. The zero-order chi connectivity index (χ0) is 25.4. The van der Waals surface area contributed by atoms with Crippen LogP contribution < -0.4 is 5.56 Å². The predicted octanol–water partition coefficient (Wildman–Crippen LogP) is 7.24. The summed E-state index contributed by atoms with van der Waals surface area (Å²) < 4.78 is 1.24. The Morgan fingerprint density at radius 1 is 1.00 bits per heavy atom. The second kappa shape index (κ2) is 12.2. The third kappa shape index (κ3) is 7.84. The van der Waals surface area contributed by atoms with E-state index in [4.69, 9.17) is 0 Å². The van der Waals surface area contributed by atoms with Gasteiger partial charge in [-0.3, -0.25) is 4.79 Å². The fraction of sp³-hybridized carbons (Fsp3) is 0.533. The van der Waals surface area contributed by atoms with Gasteiger partial charge < -0.3 is 0 Å². The Morgan fingerprint density at radius 3 is 2.37 bits per heavy atom. The molecule has 0 aromatic carbocycles. The minimum absolute atomic E-state index is 0.199. The molecule has 35 heavy (non-hydrogen) atoms. The number of rotatable bonds is 10. The Labute approximate surface area is 211 Å². The van der Waals surface area contributed by atoms with Crippen molar-refractivity contribution in [2.75, 3.05) is 0 Å². The van der Waals surface area contributed by atoms with Crippen molar-refractivity contribution in [2.24, 2.45) is 5.41 Å². The monoisotopic (exact) mass is 474 g/mol. The average Bonchev–Trinajstić information content (AvgIpc) is 2.79. The molecule has 5 heteroatoms. The SMILES string of the molecule is CC1=C(CC/C(C)=C/CC/C(C)=C/CCc2cnn(-c3ncc(C)cn3)c(=O)c2)C(C)(C)CCC1. The van der Waals surface area contributed by atoms with Crippen molar-refractivity contribution >= 4 is 0 Å². The maximum atomic E-state index is 12.4. The molecule has 0 spiro atoms. The van der Waals surface area contributed by atoms with Crippen LogP contribution in [0.4, 0.5) is 0 Å². The van der Waals surface area contributed by atoms with E-state index in [1.54, 1.807) is 35.8 Å². The van der Waals surface area contributed by atoms with Gasteiger partial charge in [0.1, 0.15) is 0 Å². The highest BCUT2D eigenvalue weighted by atomic mass is 16.1. The first kappa shape index (κ1) is 26.8. The van der Waals surface area contributed by atoms with E-state index in [1.165, 1.54) is 47.9 Å². The van der Waals surface area contributed by atoms with Crippen LogP contribution >= 0.6 is 0 Å². The standard InChI is InChI=1S/C30H42N4O/c1-22(10-7-11-23(2)15-16-27-25(4)13-9-17-30(27,5)6)12-8-14-26-18-28(35)34(33-21-26)29-31-19-24(3)20-32-29/h11-12,18-21H,7-10,13-17H2,1-6H3/b22-12+,23-11+. The molecule has 2 heterocycles. The molecule has 0 bridgehead atoms. The molecular formula is C30H42N4O. The van der Waals surface area contributed by atoms with Gasteiger partial charge in [0.2, 0.25) is 0 Å². The van der Waals surface area contributed by atoms with E-state index in [2.05, 4.69) is 61.8 Å². The van der Waals surface area contributed by atoms with Gasteiger partial charge in [-0.05, 0) is 102 Å². The minimum Gasteiger partial charge on any atom is -0.267 e. The summed E-state index contributed by atoms with van der Waals surface area (Å²) in [5.74, 6) is 0.306. The summed E-state index contributed by atoms with van der Waals surface area (Å²) in [7, 11) is 0. The highest BCUT2D eigenvalue weighted by Gasteiger charge is 2.27. The Morgan fingerprint density at radius 2 is 1.69 bits per heavy atom. The topological polar surface area (TPSA) is 60.7 Å². The first-order valence-electron chi connectivity index (χ1n) is 13.0. The summed E-state index contributed by atoms with van der Waals surface area (Å²) in [6.07, 6.45) is 20.0. The van der Waals surface area contributed by atoms with Crippen molar-refractivity contribution in [3.8, 4) is 5.95 Å². The summed E-state index contributed by atoms with van der Waals surface area (Å²) in [6.45, 7) is 13.6. The van der Waals surface area contributed by atoms with Gasteiger partial charge in [-0.2, -0.15) is 9.78 Å². The molecule has 3 rings (SSSR count). The summed E-state index contributed by atoms with van der Waals surface area (Å²) >= 11 is 0. The van der Waals surface area contributed by atoms with Gasteiger partial charge in [0.05, 0.1) is 6.20 Å². The lowest BCUT2D eigenvalue weighted by atomic mass is 9.71. The first-order chi connectivity index (χ1) is 16.7. The van der Waals surface area contributed by atoms with Crippen molar-refractivity contribution < 1.29 is 0 Å². The first-order valence-corrected chi connectivity index (χ1v) is 13.0. The van der Waals surface area contributed by atoms with Gasteiger partial charge in [-0.1, -0.05) is 48.3 Å². The van der Waals surface area contributed by atoms with Gasteiger partial charge in [-0.15, -0.1) is 0 Å². The van der Waals surface area contributed by atoms with E-state index >= 15 is 0 Å². The van der Waals surface area contributed by atoms with E-state index in [-0.39, 0.29) is 5.56 Å². The highest BCUT2D eigenvalue weighted by Crippen LogP contribution is 2.42. The van der Waals surface area contributed by atoms with Crippen molar-refractivity contribution in [2.45, 2.75) is 99.3 Å². The van der Waals surface area contributed by atoms with Gasteiger partial charge in [-0.25, -0.2) is 9.97 Å². The third-order valence-corrected chi connectivity index (χ3v) is 7.23. The lowest BCUT2D eigenvalue weighted by Gasteiger charge is -2.35. The number of allylic oxidation sites excluding steroid dienone is 6. The fourth-order valence-electron chi connectivity index (χ4n) is 5.01. The van der Waals surface area contributed by atoms with Gasteiger partial charge >= 0.3 is 0 Å². The third-order valence-electron chi connectivity index (χ3n) is 7.23. The fourth-order valence-corrected chi connectivity index (χ4v) is 5.01. The number of nitrogens with zero attached hydrogens (tertiary/aromatic N) is 4. The second-order valence-electron chi connectivity index (χ2n) is 10.8. The van der Waals surface area contributed by atoms with Crippen molar-refractivity contribution in [3.63, 3.8) is 0 Å². The van der Waals surface area contributed by atoms with Gasteiger partial charge in [0, 0.05) is 18.5 Å². The van der Waals surface area contributed by atoms with Crippen LogP contribution in [0.1, 0.15) is 97.1 Å². The van der Waals surface area contributed by atoms with Gasteiger partial charge in [0.15, 0.2) is 0 Å². The van der Waals surface area contributed by atoms with Crippen molar-refractivity contribution in [3.05, 3.63) is 80.6 Å². The van der Waals surface area contributed by atoms with E-state index in [0.29, 0.717) is 11.4 Å².